The van der Waals surface area contributed by atoms with E-state index < -0.39 is 35.8 Å². The lowest BCUT2D eigenvalue weighted by atomic mass is 10.0. The Bertz CT molecular complexity index is 3390. The maximum absolute atomic E-state index is 12.5. The van der Waals surface area contributed by atoms with Gasteiger partial charge in [-0.1, -0.05) is 107 Å². The van der Waals surface area contributed by atoms with Crippen LogP contribution in [0.3, 0.4) is 0 Å². The fraction of sp³-hybridized carbons (Fsp3) is 0.0345. The van der Waals surface area contributed by atoms with Crippen LogP contribution in [0.15, 0.2) is 199 Å². The molecular formula is C58H44BrN3O13. The third-order valence-electron chi connectivity index (χ3n) is 10.8. The van der Waals surface area contributed by atoms with Gasteiger partial charge in [-0.2, -0.15) is 0 Å². The van der Waals surface area contributed by atoms with Crippen LogP contribution < -0.4 is 16.0 Å². The van der Waals surface area contributed by atoms with Crippen LogP contribution >= 0.6 is 15.9 Å². The van der Waals surface area contributed by atoms with E-state index in [1.807, 2.05) is 6.07 Å². The molecule has 3 amide bonds. The lowest BCUT2D eigenvalue weighted by Gasteiger charge is -2.12. The Morgan fingerprint density at radius 2 is 0.653 bits per heavy atom. The van der Waals surface area contributed by atoms with E-state index in [2.05, 4.69) is 31.9 Å². The van der Waals surface area contributed by atoms with Gasteiger partial charge in [0.1, 0.15) is 0 Å². The summed E-state index contributed by atoms with van der Waals surface area (Å²) < 4.78 is 10.3. The molecule has 0 spiro atoms. The van der Waals surface area contributed by atoms with Crippen LogP contribution in [0, 0.1) is 0 Å². The number of benzene rings is 8. The van der Waals surface area contributed by atoms with Crippen LogP contribution in [-0.4, -0.2) is 77.1 Å². The van der Waals surface area contributed by atoms with Crippen molar-refractivity contribution in [3.8, 4) is 22.3 Å². The molecule has 0 bridgehead atoms. The van der Waals surface area contributed by atoms with E-state index in [0.717, 1.165) is 10.0 Å². The summed E-state index contributed by atoms with van der Waals surface area (Å²) in [6, 6.07) is 52.8. The van der Waals surface area contributed by atoms with Crippen molar-refractivity contribution in [3.63, 3.8) is 0 Å². The third-order valence-corrected chi connectivity index (χ3v) is 11.3. The van der Waals surface area contributed by atoms with Crippen molar-refractivity contribution in [2.24, 2.45) is 0 Å². The molecule has 0 aromatic heterocycles. The number of anilines is 3. The van der Waals surface area contributed by atoms with Crippen molar-refractivity contribution in [1.82, 2.24) is 0 Å². The lowest BCUT2D eigenvalue weighted by molar-refractivity contribution is 0.0592. The molecule has 17 heteroatoms. The maximum atomic E-state index is 12.5. The molecule has 0 fully saturated rings. The first-order valence-corrected chi connectivity index (χ1v) is 23.1. The Morgan fingerprint density at radius 1 is 0.347 bits per heavy atom. The Kier molecular flexibility index (Phi) is 18.8. The first-order valence-electron chi connectivity index (χ1n) is 22.3. The van der Waals surface area contributed by atoms with Crippen molar-refractivity contribution in [2.45, 2.75) is 0 Å². The number of ether oxygens (including phenoxy) is 2. The largest absolute Gasteiger partial charge is 0.478 e. The molecule has 0 aliphatic rings. The zero-order chi connectivity index (χ0) is 54.0. The van der Waals surface area contributed by atoms with E-state index >= 15 is 0 Å². The summed E-state index contributed by atoms with van der Waals surface area (Å²) in [7, 11) is 2.57. The summed E-state index contributed by atoms with van der Waals surface area (Å²) in [5.41, 5.74) is 5.88. The molecule has 0 saturated carbocycles. The number of rotatable bonds is 13. The molecule has 16 nitrogen and oxygen atoms in total. The smallest absolute Gasteiger partial charge is 0.339 e. The van der Waals surface area contributed by atoms with E-state index in [9.17, 15) is 43.5 Å². The van der Waals surface area contributed by atoms with Crippen molar-refractivity contribution < 1.29 is 63.1 Å². The summed E-state index contributed by atoms with van der Waals surface area (Å²) in [5, 5.41) is 35.5. The lowest BCUT2D eigenvalue weighted by Crippen LogP contribution is -2.15. The van der Waals surface area contributed by atoms with Gasteiger partial charge in [0.2, 0.25) is 0 Å². The summed E-state index contributed by atoms with van der Waals surface area (Å²) in [4.78, 5) is 94.2. The SMILES string of the molecule is COC(=O)c1ccc(-c2ccc(C(=O)O)cc2)cc1NC(=O)c1ccccc1.COC(=O)c1ccc(Br)cc1NC(=O)c1ccccc1.O=C(O)c1ccc(-c2ccc(C(=O)O)c(NC(=O)c3ccccc3)c2)cc1. The number of esters is 2. The highest BCUT2D eigenvalue weighted by Gasteiger charge is 2.19. The maximum Gasteiger partial charge on any atom is 0.339 e. The first-order chi connectivity index (χ1) is 36.1. The van der Waals surface area contributed by atoms with Crippen molar-refractivity contribution in [1.29, 1.82) is 0 Å². The van der Waals surface area contributed by atoms with Crippen molar-refractivity contribution in [3.05, 3.63) is 243 Å². The summed E-state index contributed by atoms with van der Waals surface area (Å²) in [6.45, 7) is 0. The monoisotopic (exact) mass is 1070 g/mol. The number of methoxy groups -OCH3 is 2. The van der Waals surface area contributed by atoms with Crippen molar-refractivity contribution >= 4 is 80.6 Å². The van der Waals surface area contributed by atoms with Crippen LogP contribution in [0.25, 0.3) is 22.3 Å². The molecule has 8 aromatic rings. The van der Waals surface area contributed by atoms with Gasteiger partial charge in [0.05, 0.1) is 59.1 Å². The van der Waals surface area contributed by atoms with Gasteiger partial charge in [0, 0.05) is 21.2 Å². The quantitative estimate of drug-likeness (QED) is 0.0589. The van der Waals surface area contributed by atoms with Crippen LogP contribution in [0.5, 0.6) is 0 Å². The summed E-state index contributed by atoms with van der Waals surface area (Å²) >= 11 is 3.31. The first kappa shape index (κ1) is 54.3. The number of amides is 3. The van der Waals surface area contributed by atoms with Gasteiger partial charge in [-0.3, -0.25) is 14.4 Å². The van der Waals surface area contributed by atoms with Gasteiger partial charge in [-0.15, -0.1) is 0 Å². The van der Waals surface area contributed by atoms with Gasteiger partial charge in [-0.05, 0) is 125 Å². The van der Waals surface area contributed by atoms with Gasteiger partial charge < -0.3 is 40.7 Å². The molecule has 0 aliphatic heterocycles. The number of carbonyl (C=O) groups is 8. The number of nitrogens with one attached hydrogen (secondary N) is 3. The van der Waals surface area contributed by atoms with E-state index in [4.69, 9.17) is 19.7 Å². The molecule has 0 saturated heterocycles. The molecule has 8 rings (SSSR count). The third kappa shape index (κ3) is 14.8. The predicted octanol–water partition coefficient (Wildman–Crippen LogP) is 11.6. The molecular weight excluding hydrogens is 1030 g/mol. The van der Waals surface area contributed by atoms with Crippen LogP contribution in [0.4, 0.5) is 17.1 Å². The van der Waals surface area contributed by atoms with Gasteiger partial charge in [0.15, 0.2) is 0 Å². The topological polar surface area (TPSA) is 252 Å². The highest BCUT2D eigenvalue weighted by Crippen LogP contribution is 2.29. The normalized spacial score (nSPS) is 10.1. The molecule has 6 N–H and O–H groups in total. The molecule has 8 aromatic carbocycles. The molecule has 0 atom stereocenters. The molecule has 0 aliphatic carbocycles. The summed E-state index contributed by atoms with van der Waals surface area (Å²) in [6.07, 6.45) is 0. The fourth-order valence-electron chi connectivity index (χ4n) is 7.00. The van der Waals surface area contributed by atoms with E-state index in [1.54, 1.807) is 158 Å². The number of hydrogen-bond donors (Lipinski definition) is 6. The number of halogens is 1. The van der Waals surface area contributed by atoms with E-state index in [-0.39, 0.29) is 39.8 Å². The molecule has 75 heavy (non-hydrogen) atoms. The van der Waals surface area contributed by atoms with E-state index in [0.29, 0.717) is 50.3 Å². The standard InChI is InChI=1S/C22H17NO5.C21H15NO5.C15H12BrNO3/c1-28-22(27)18-12-11-17(14-7-9-16(10-8-14)21(25)26)13-19(18)23-20(24)15-5-3-2-4-6-15;23-19(14-4-2-1-3-5-14)22-18-12-16(10-11-17(18)21(26)27)13-6-8-15(9-7-13)20(24)25;1-20-15(19)12-8-7-11(16)9-13(12)17-14(18)10-5-3-2-4-6-10/h2-13H,1H3,(H,23,24)(H,25,26);1-12H,(H,22,23)(H,24,25)(H,26,27);2-9H,1H3,(H,17,18). The van der Waals surface area contributed by atoms with Gasteiger partial charge >= 0.3 is 29.8 Å². The van der Waals surface area contributed by atoms with Gasteiger partial charge in [0.25, 0.3) is 17.7 Å². The van der Waals surface area contributed by atoms with Crippen LogP contribution in [0.2, 0.25) is 0 Å². The molecule has 0 heterocycles. The number of carbonyl (C=O) groups excluding carboxylic acids is 5. The predicted molar refractivity (Wildman–Crippen MR) is 285 cm³/mol. The number of aromatic carboxylic acids is 3. The Balaban J connectivity index is 0.000000186. The van der Waals surface area contributed by atoms with E-state index in [1.165, 1.54) is 44.6 Å². The summed E-state index contributed by atoms with van der Waals surface area (Å²) in [5.74, 6) is -5.33. The van der Waals surface area contributed by atoms with Crippen LogP contribution in [-0.2, 0) is 9.47 Å². The Morgan fingerprint density at radius 3 is 0.987 bits per heavy atom. The second kappa shape index (κ2) is 25.9. The number of hydrogen-bond acceptors (Lipinski definition) is 10. The average Bonchev–Trinajstić information content (AvgIpc) is 3.43. The zero-order valence-corrected chi connectivity index (χ0v) is 41.4. The molecule has 376 valence electrons. The minimum atomic E-state index is -1.16. The second-order valence-electron chi connectivity index (χ2n) is 15.7. The second-order valence-corrected chi connectivity index (χ2v) is 16.6. The fourth-order valence-corrected chi connectivity index (χ4v) is 7.36. The minimum Gasteiger partial charge on any atom is -0.478 e. The van der Waals surface area contributed by atoms with Crippen molar-refractivity contribution in [2.75, 3.05) is 30.2 Å². The molecule has 0 radical (unpaired) electrons. The number of carboxylic acid groups (broad SMARTS) is 3. The number of carboxylic acids is 3. The van der Waals surface area contributed by atoms with Crippen LogP contribution in [0.1, 0.15) is 82.9 Å². The average molecular weight is 1070 g/mol. The highest BCUT2D eigenvalue weighted by molar-refractivity contribution is 9.10. The van der Waals surface area contributed by atoms with Gasteiger partial charge in [-0.25, -0.2) is 24.0 Å². The highest BCUT2D eigenvalue weighted by atomic mass is 79.9. The molecule has 0 unspecified atom stereocenters. The Labute approximate surface area is 437 Å². The zero-order valence-electron chi connectivity index (χ0n) is 39.8. The minimum absolute atomic E-state index is 0.0369. The Hall–Kier alpha value is -10.0.